The lowest BCUT2D eigenvalue weighted by Crippen LogP contribution is -2.60. The normalized spacial score (nSPS) is 16.5. The van der Waals surface area contributed by atoms with Crippen LogP contribution in [0.1, 0.15) is 92.4 Å². The molecule has 2 aliphatic carbocycles. The number of esters is 2. The van der Waals surface area contributed by atoms with Crippen molar-refractivity contribution in [2.75, 3.05) is 27.4 Å². The van der Waals surface area contributed by atoms with E-state index in [1.807, 2.05) is 73.7 Å². The highest BCUT2D eigenvalue weighted by molar-refractivity contribution is 6.74. The van der Waals surface area contributed by atoms with E-state index in [4.69, 9.17) is 18.6 Å². The summed E-state index contributed by atoms with van der Waals surface area (Å²) in [5.74, 6) is -2.43. The van der Waals surface area contributed by atoms with E-state index in [1.165, 1.54) is 19.1 Å². The first-order valence-corrected chi connectivity index (χ1v) is 25.0. The minimum Gasteiger partial charge on any atom is -0.467 e. The van der Waals surface area contributed by atoms with Gasteiger partial charge in [0.1, 0.15) is 24.8 Å². The van der Waals surface area contributed by atoms with Gasteiger partial charge in [0, 0.05) is 18.9 Å². The van der Waals surface area contributed by atoms with Gasteiger partial charge in [0.2, 0.25) is 5.91 Å². The highest BCUT2D eigenvalue weighted by atomic mass is 28.4. The Kier molecular flexibility index (Phi) is 14.6. The van der Waals surface area contributed by atoms with E-state index in [0.717, 1.165) is 39.0 Å². The number of likely N-dealkylation sites (N-methyl/N-ethyl adjacent to an activating group) is 1. The fraction of sp³-hybridized carbons (Fsp3) is 0.396. The van der Waals surface area contributed by atoms with Crippen LogP contribution in [0.2, 0.25) is 18.1 Å². The van der Waals surface area contributed by atoms with E-state index >= 15 is 4.79 Å². The summed E-state index contributed by atoms with van der Waals surface area (Å²) in [7, 11) is 0.0578. The number of rotatable bonds is 17. The average Bonchev–Trinajstić information content (AvgIpc) is 3.83. The summed E-state index contributed by atoms with van der Waals surface area (Å²) in [6, 6.07) is 30.4. The van der Waals surface area contributed by atoms with Gasteiger partial charge in [-0.1, -0.05) is 145 Å². The van der Waals surface area contributed by atoms with Gasteiger partial charge in [0.15, 0.2) is 8.32 Å². The molecule has 2 aliphatic rings. The molecule has 10 nitrogen and oxygen atoms in total. The topological polar surface area (TPSA) is 120 Å². The second-order valence-electron chi connectivity index (χ2n) is 19.3. The molecule has 1 unspecified atom stereocenters. The summed E-state index contributed by atoms with van der Waals surface area (Å²) in [6.45, 7) is 20.9. The first kappa shape index (κ1) is 47.7. The van der Waals surface area contributed by atoms with Crippen LogP contribution in [0.3, 0.4) is 0 Å². The molecule has 338 valence electrons. The molecule has 0 fully saturated rings. The molecule has 1 N–H and O–H groups in total. The van der Waals surface area contributed by atoms with Gasteiger partial charge in [0.05, 0.1) is 19.3 Å². The monoisotopic (exact) mass is 884 g/mol. The van der Waals surface area contributed by atoms with Gasteiger partial charge >= 0.3 is 18.0 Å². The smallest absolute Gasteiger partial charge is 0.407 e. The Hall–Kier alpha value is -5.78. The zero-order chi connectivity index (χ0) is 46.6. The highest BCUT2D eigenvalue weighted by Crippen LogP contribution is 2.50. The summed E-state index contributed by atoms with van der Waals surface area (Å²) in [6.07, 6.45) is 2.37. The van der Waals surface area contributed by atoms with Crippen molar-refractivity contribution in [1.29, 1.82) is 0 Å². The molecule has 11 heteroatoms. The maximum Gasteiger partial charge on any atom is 0.407 e. The number of nitrogens with one attached hydrogen (secondary N) is 1. The molecule has 4 aromatic rings. The number of hydrogen-bond donors (Lipinski definition) is 1. The fourth-order valence-corrected chi connectivity index (χ4v) is 9.72. The minimum absolute atomic E-state index is 0.00800. The number of ether oxygens (including phenoxy) is 3. The van der Waals surface area contributed by atoms with Crippen LogP contribution in [0.4, 0.5) is 4.79 Å². The standard InChI is InChI=1S/C53H64N2O8Si/c1-12-53(6,7)44-31-42(40-28-20-21-29-41(40)44)47(63-64(10,11)52(3,4)5)46(54-51(59)62-33-43-38-26-18-16-24-36(38)37-25-17-19-27-39(37)43)48(56)55(8)45(50(58)60-9)30-34(2)32-61-49(57)35-22-14-13-15-23-35/h12-29,31,34,43-47H,1,30,32-33H2,2-11H3,(H,54,59)/t34-,44?,45+,46+,47-/m1/s1. The zero-order valence-electron chi connectivity index (χ0n) is 39.0. The molecule has 0 saturated heterocycles. The van der Waals surface area contributed by atoms with Crippen LogP contribution in [-0.4, -0.2) is 82.7 Å². The minimum atomic E-state index is -2.74. The predicted molar refractivity (Wildman–Crippen MR) is 254 cm³/mol. The molecule has 2 amide bonds. The van der Waals surface area contributed by atoms with Crippen molar-refractivity contribution >= 4 is 37.8 Å². The molecule has 0 heterocycles. The van der Waals surface area contributed by atoms with Crippen LogP contribution < -0.4 is 5.32 Å². The van der Waals surface area contributed by atoms with Gasteiger partial charge in [-0.3, -0.25) is 4.79 Å². The van der Waals surface area contributed by atoms with Crippen molar-refractivity contribution in [3.63, 3.8) is 0 Å². The number of hydrogen-bond acceptors (Lipinski definition) is 8. The fourth-order valence-electron chi connectivity index (χ4n) is 8.47. The quantitative estimate of drug-likeness (QED) is 0.0482. The number of alkyl carbamates (subject to hydrolysis) is 1. The van der Waals surface area contributed by atoms with Gasteiger partial charge in [0.25, 0.3) is 0 Å². The number of fused-ring (bicyclic) bond motifs is 4. The summed E-state index contributed by atoms with van der Waals surface area (Å²) in [5.41, 5.74) is 7.01. The molecular weight excluding hydrogens is 821 g/mol. The molecule has 0 saturated carbocycles. The van der Waals surface area contributed by atoms with Crippen LogP contribution in [0.25, 0.3) is 16.7 Å². The first-order valence-electron chi connectivity index (χ1n) is 22.1. The van der Waals surface area contributed by atoms with E-state index in [1.54, 1.807) is 24.3 Å². The van der Waals surface area contributed by atoms with Crippen LogP contribution in [0.15, 0.2) is 122 Å². The molecule has 0 aliphatic heterocycles. The first-order chi connectivity index (χ1) is 30.3. The Morgan fingerprint density at radius 2 is 1.34 bits per heavy atom. The molecular formula is C53H64N2O8Si. The Labute approximate surface area is 380 Å². The summed E-state index contributed by atoms with van der Waals surface area (Å²) < 4.78 is 24.4. The van der Waals surface area contributed by atoms with Crippen LogP contribution in [0, 0.1) is 11.3 Å². The maximum atomic E-state index is 15.5. The van der Waals surface area contributed by atoms with Gasteiger partial charge in [-0.25, -0.2) is 14.4 Å². The van der Waals surface area contributed by atoms with Gasteiger partial charge in [-0.2, -0.15) is 0 Å². The molecule has 5 atom stereocenters. The average molecular weight is 885 g/mol. The van der Waals surface area contributed by atoms with E-state index in [2.05, 4.69) is 83.9 Å². The third kappa shape index (κ3) is 10.1. The van der Waals surface area contributed by atoms with Gasteiger partial charge < -0.3 is 28.9 Å². The third-order valence-electron chi connectivity index (χ3n) is 13.4. The van der Waals surface area contributed by atoms with Crippen LogP contribution >= 0.6 is 0 Å². The zero-order valence-corrected chi connectivity index (χ0v) is 40.0. The number of methoxy groups -OCH3 is 1. The Morgan fingerprint density at radius 1 is 0.797 bits per heavy atom. The van der Waals surface area contributed by atoms with Gasteiger partial charge in [-0.05, 0) is 87.0 Å². The number of allylic oxidation sites excluding steroid dienone is 2. The number of amides is 2. The Bertz CT molecular complexity index is 2340. The van der Waals surface area contributed by atoms with E-state index in [-0.39, 0.29) is 47.8 Å². The van der Waals surface area contributed by atoms with Crippen molar-refractivity contribution in [3.8, 4) is 11.1 Å². The highest BCUT2D eigenvalue weighted by Gasteiger charge is 2.48. The number of benzene rings is 4. The summed E-state index contributed by atoms with van der Waals surface area (Å²) in [4.78, 5) is 57.8. The SMILES string of the molecule is C=CC(C)(C)C1C=C([C@@H](O[Si](C)(C)C(C)(C)C)[C@H](NC(=O)OCC2c3ccccc3-c3ccccc32)C(=O)N(C)[C@@H](C[C@@H](C)COC(=O)c2ccccc2)C(=O)OC)c2ccccc21. The molecule has 6 rings (SSSR count). The molecule has 4 aromatic carbocycles. The summed E-state index contributed by atoms with van der Waals surface area (Å²) in [5, 5.41) is 2.71. The summed E-state index contributed by atoms with van der Waals surface area (Å²) >= 11 is 0. The number of carbonyl (C=O) groups is 4. The Morgan fingerprint density at radius 3 is 1.91 bits per heavy atom. The lowest BCUT2D eigenvalue weighted by molar-refractivity contribution is -0.153. The van der Waals surface area contributed by atoms with Crippen molar-refractivity contribution in [1.82, 2.24) is 10.2 Å². The number of nitrogens with zero attached hydrogens (tertiary/aromatic N) is 1. The van der Waals surface area contributed by atoms with Crippen molar-refractivity contribution < 1.29 is 37.8 Å². The molecule has 0 radical (unpaired) electrons. The Balaban J connectivity index is 1.38. The van der Waals surface area contributed by atoms with Crippen molar-refractivity contribution in [3.05, 3.63) is 150 Å². The van der Waals surface area contributed by atoms with Crippen molar-refractivity contribution in [2.24, 2.45) is 11.3 Å². The second-order valence-corrected chi connectivity index (χ2v) is 24.0. The lowest BCUT2D eigenvalue weighted by atomic mass is 9.76. The van der Waals surface area contributed by atoms with Crippen molar-refractivity contribution in [2.45, 2.75) is 96.1 Å². The van der Waals surface area contributed by atoms with Crippen LogP contribution in [-0.2, 0) is 28.2 Å². The van der Waals surface area contributed by atoms with E-state index in [9.17, 15) is 14.4 Å². The van der Waals surface area contributed by atoms with E-state index in [0.29, 0.717) is 5.56 Å². The molecule has 64 heavy (non-hydrogen) atoms. The largest absolute Gasteiger partial charge is 0.467 e. The second kappa shape index (κ2) is 19.5. The van der Waals surface area contributed by atoms with Gasteiger partial charge in [-0.15, -0.1) is 6.58 Å². The molecule has 0 bridgehead atoms. The third-order valence-corrected chi connectivity index (χ3v) is 17.9. The lowest BCUT2D eigenvalue weighted by Gasteiger charge is -2.42. The molecule has 0 spiro atoms. The van der Waals surface area contributed by atoms with Crippen LogP contribution in [0.5, 0.6) is 0 Å². The number of carbonyl (C=O) groups excluding carboxylic acids is 4. The van der Waals surface area contributed by atoms with E-state index < -0.39 is 50.4 Å². The predicted octanol–water partition coefficient (Wildman–Crippen LogP) is 10.6. The molecule has 0 aromatic heterocycles. The maximum absolute atomic E-state index is 15.5.